The summed E-state index contributed by atoms with van der Waals surface area (Å²) in [5.41, 5.74) is 0.298. The van der Waals surface area contributed by atoms with E-state index < -0.39 is 17.8 Å². The van der Waals surface area contributed by atoms with E-state index in [0.717, 1.165) is 11.3 Å². The van der Waals surface area contributed by atoms with Gasteiger partial charge in [-0.05, 0) is 44.9 Å². The molecule has 0 unspecified atom stereocenters. The van der Waals surface area contributed by atoms with E-state index in [9.17, 15) is 9.59 Å². The molecule has 0 bridgehead atoms. The van der Waals surface area contributed by atoms with Crippen LogP contribution in [-0.4, -0.2) is 38.6 Å². The molecule has 0 aromatic heterocycles. The molecule has 1 aromatic rings. The maximum atomic E-state index is 12.0. The molecule has 2 amide bonds. The van der Waals surface area contributed by atoms with Gasteiger partial charge in [0, 0.05) is 6.54 Å². The predicted molar refractivity (Wildman–Crippen MR) is 90.1 cm³/mol. The Morgan fingerprint density at radius 1 is 1.08 bits per heavy atom. The summed E-state index contributed by atoms with van der Waals surface area (Å²) in [5.74, 6) is 0.724. The van der Waals surface area contributed by atoms with Crippen LogP contribution in [0.4, 0.5) is 9.59 Å². The van der Waals surface area contributed by atoms with Crippen molar-refractivity contribution in [1.82, 2.24) is 10.6 Å². The predicted octanol–water partition coefficient (Wildman–Crippen LogP) is 3.01. The van der Waals surface area contributed by atoms with Gasteiger partial charge in [-0.2, -0.15) is 0 Å². The number of nitrogens with one attached hydrogen (secondary N) is 2. The van der Waals surface area contributed by atoms with Gasteiger partial charge in [0.15, 0.2) is 0 Å². The van der Waals surface area contributed by atoms with Gasteiger partial charge in [0.2, 0.25) is 0 Å². The molecule has 7 nitrogen and oxygen atoms in total. The minimum absolute atomic E-state index is 0.317. The molecule has 24 heavy (non-hydrogen) atoms. The molecule has 0 radical (unpaired) electrons. The molecule has 2 N–H and O–H groups in total. The number of amides is 2. The highest BCUT2D eigenvalue weighted by Crippen LogP contribution is 2.21. The van der Waals surface area contributed by atoms with E-state index in [1.165, 1.54) is 7.11 Å². The van der Waals surface area contributed by atoms with Crippen LogP contribution in [0.5, 0.6) is 5.75 Å². The van der Waals surface area contributed by atoms with Gasteiger partial charge in [-0.1, -0.05) is 12.1 Å². The fourth-order valence-corrected chi connectivity index (χ4v) is 2.00. The third kappa shape index (κ3) is 7.21. The summed E-state index contributed by atoms with van der Waals surface area (Å²) in [4.78, 5) is 23.2. The smallest absolute Gasteiger partial charge is 0.408 e. The molecule has 7 heteroatoms. The van der Waals surface area contributed by atoms with E-state index in [-0.39, 0.29) is 6.04 Å². The van der Waals surface area contributed by atoms with Gasteiger partial charge in [-0.25, -0.2) is 9.59 Å². The molecule has 0 saturated heterocycles. The fraction of sp³-hybridized carbons (Fsp3) is 0.529. The van der Waals surface area contributed by atoms with Crippen molar-refractivity contribution >= 4 is 12.2 Å². The summed E-state index contributed by atoms with van der Waals surface area (Å²) in [7, 11) is 2.89. The van der Waals surface area contributed by atoms with Gasteiger partial charge >= 0.3 is 12.2 Å². The van der Waals surface area contributed by atoms with Gasteiger partial charge in [0.05, 0.1) is 20.3 Å². The normalized spacial score (nSPS) is 12.0. The van der Waals surface area contributed by atoms with Crippen LogP contribution in [0.15, 0.2) is 24.3 Å². The largest absolute Gasteiger partial charge is 0.497 e. The number of hydrogen-bond acceptors (Lipinski definition) is 5. The number of methoxy groups -OCH3 is 2. The summed E-state index contributed by atoms with van der Waals surface area (Å²) in [6.07, 6.45) is -0.539. The molecular weight excluding hydrogens is 312 g/mol. The van der Waals surface area contributed by atoms with Crippen LogP contribution >= 0.6 is 0 Å². The summed E-state index contributed by atoms with van der Waals surface area (Å²) < 4.78 is 15.0. The minimum Gasteiger partial charge on any atom is -0.497 e. The van der Waals surface area contributed by atoms with Crippen LogP contribution in [0.25, 0.3) is 0 Å². The molecule has 1 aromatic carbocycles. The monoisotopic (exact) mass is 338 g/mol. The Morgan fingerprint density at radius 2 is 1.71 bits per heavy atom. The highest BCUT2D eigenvalue weighted by atomic mass is 16.6. The zero-order valence-corrected chi connectivity index (χ0v) is 14.8. The van der Waals surface area contributed by atoms with Crippen LogP contribution < -0.4 is 15.4 Å². The number of rotatable bonds is 6. The van der Waals surface area contributed by atoms with Crippen LogP contribution in [-0.2, 0) is 9.47 Å². The number of ether oxygens (including phenoxy) is 3. The maximum Gasteiger partial charge on any atom is 0.408 e. The lowest BCUT2D eigenvalue weighted by atomic mass is 10.0. The summed E-state index contributed by atoms with van der Waals surface area (Å²) in [5, 5.41) is 5.42. The van der Waals surface area contributed by atoms with Gasteiger partial charge < -0.3 is 24.8 Å². The molecule has 0 aliphatic rings. The molecule has 0 spiro atoms. The minimum atomic E-state index is -0.585. The van der Waals surface area contributed by atoms with Gasteiger partial charge in [-0.3, -0.25) is 0 Å². The highest BCUT2D eigenvalue weighted by molar-refractivity contribution is 5.68. The molecule has 0 fully saturated rings. The Balaban J connectivity index is 2.77. The third-order valence-corrected chi connectivity index (χ3v) is 3.10. The van der Waals surface area contributed by atoms with Crippen LogP contribution in [0.3, 0.4) is 0 Å². The Hall–Kier alpha value is -2.44. The molecule has 0 saturated carbocycles. The Kier molecular flexibility index (Phi) is 7.35. The second kappa shape index (κ2) is 9.00. The van der Waals surface area contributed by atoms with Crippen molar-refractivity contribution in [3.8, 4) is 5.75 Å². The number of carbonyl (C=O) groups is 2. The molecule has 134 valence electrons. The van der Waals surface area contributed by atoms with Gasteiger partial charge in [-0.15, -0.1) is 0 Å². The standard InChI is InChI=1S/C17H26N2O5/c1-17(2,3)24-16(21)19-14(10-11-18-15(20)23-5)12-6-8-13(22-4)9-7-12/h6-9,14H,10-11H2,1-5H3,(H,18,20)(H,19,21)/t14-/m0/s1. The molecule has 1 atom stereocenters. The zero-order valence-electron chi connectivity index (χ0n) is 14.8. The second-order valence-electron chi connectivity index (χ2n) is 6.18. The number of hydrogen-bond donors (Lipinski definition) is 2. The van der Waals surface area contributed by atoms with Crippen LogP contribution in [0.2, 0.25) is 0 Å². The molecule has 0 aliphatic heterocycles. The third-order valence-electron chi connectivity index (χ3n) is 3.10. The van der Waals surface area contributed by atoms with Crippen LogP contribution in [0.1, 0.15) is 38.8 Å². The lowest BCUT2D eigenvalue weighted by molar-refractivity contribution is 0.0501. The number of alkyl carbamates (subject to hydrolysis) is 2. The fourth-order valence-electron chi connectivity index (χ4n) is 2.00. The number of carbonyl (C=O) groups excluding carboxylic acids is 2. The first kappa shape index (κ1) is 19.6. The average Bonchev–Trinajstić information content (AvgIpc) is 2.52. The molecular formula is C17H26N2O5. The van der Waals surface area contributed by atoms with Crippen molar-refractivity contribution < 1.29 is 23.8 Å². The molecule has 0 heterocycles. The van der Waals surface area contributed by atoms with E-state index in [1.54, 1.807) is 27.9 Å². The van der Waals surface area contributed by atoms with Crippen molar-refractivity contribution in [2.24, 2.45) is 0 Å². The quantitative estimate of drug-likeness (QED) is 0.833. The van der Waals surface area contributed by atoms with Crippen molar-refractivity contribution in [2.45, 2.75) is 38.8 Å². The lowest BCUT2D eigenvalue weighted by Gasteiger charge is -2.24. The lowest BCUT2D eigenvalue weighted by Crippen LogP contribution is -2.36. The van der Waals surface area contributed by atoms with Gasteiger partial charge in [0.25, 0.3) is 0 Å². The summed E-state index contributed by atoms with van der Waals surface area (Å²) >= 11 is 0. The van der Waals surface area contributed by atoms with Gasteiger partial charge in [0.1, 0.15) is 11.4 Å². The molecule has 1 rings (SSSR count). The van der Waals surface area contributed by atoms with Crippen LogP contribution in [0, 0.1) is 0 Å². The van der Waals surface area contributed by atoms with E-state index in [4.69, 9.17) is 9.47 Å². The summed E-state index contributed by atoms with van der Waals surface area (Å²) in [6, 6.07) is 7.03. The molecule has 0 aliphatic carbocycles. The second-order valence-corrected chi connectivity index (χ2v) is 6.18. The Labute approximate surface area is 142 Å². The summed E-state index contributed by atoms with van der Waals surface area (Å²) in [6.45, 7) is 5.74. The Bertz CT molecular complexity index is 537. The van der Waals surface area contributed by atoms with E-state index in [1.807, 2.05) is 24.3 Å². The van der Waals surface area contributed by atoms with Crippen molar-refractivity contribution in [3.63, 3.8) is 0 Å². The maximum absolute atomic E-state index is 12.0. The Morgan fingerprint density at radius 3 is 2.21 bits per heavy atom. The zero-order chi connectivity index (χ0) is 18.2. The highest BCUT2D eigenvalue weighted by Gasteiger charge is 2.20. The first-order chi connectivity index (χ1) is 11.2. The van der Waals surface area contributed by atoms with E-state index in [0.29, 0.717) is 13.0 Å². The van der Waals surface area contributed by atoms with E-state index >= 15 is 0 Å². The topological polar surface area (TPSA) is 85.9 Å². The van der Waals surface area contributed by atoms with Crippen molar-refractivity contribution in [2.75, 3.05) is 20.8 Å². The first-order valence-electron chi connectivity index (χ1n) is 7.70. The SMILES string of the molecule is COC(=O)NCC[C@H](NC(=O)OC(C)(C)C)c1ccc(OC)cc1. The van der Waals surface area contributed by atoms with Crippen molar-refractivity contribution in [3.05, 3.63) is 29.8 Å². The van der Waals surface area contributed by atoms with Crippen molar-refractivity contribution in [1.29, 1.82) is 0 Å². The number of benzene rings is 1. The first-order valence-corrected chi connectivity index (χ1v) is 7.70. The van der Waals surface area contributed by atoms with E-state index in [2.05, 4.69) is 15.4 Å². The average molecular weight is 338 g/mol.